The summed E-state index contributed by atoms with van der Waals surface area (Å²) in [6, 6.07) is 14.6. The maximum atomic E-state index is 9.87. The minimum absolute atomic E-state index is 0.0727. The number of nitrogens with zero attached hydrogens (tertiary/aromatic N) is 1. The van der Waals surface area contributed by atoms with Gasteiger partial charge in [0, 0.05) is 17.8 Å². The third-order valence-electron chi connectivity index (χ3n) is 5.12. The zero-order chi connectivity index (χ0) is 18.4. The van der Waals surface area contributed by atoms with Gasteiger partial charge in [-0.2, -0.15) is 0 Å². The summed E-state index contributed by atoms with van der Waals surface area (Å²) in [5.41, 5.74) is 6.27. The van der Waals surface area contributed by atoms with Gasteiger partial charge in [-0.05, 0) is 61.1 Å². The van der Waals surface area contributed by atoms with Crippen LogP contribution in [0.3, 0.4) is 0 Å². The Labute approximate surface area is 151 Å². The molecule has 2 aromatic carbocycles. The van der Waals surface area contributed by atoms with Crippen molar-refractivity contribution in [3.63, 3.8) is 0 Å². The normalized spacial score (nSPS) is 16.4. The van der Waals surface area contributed by atoms with E-state index in [0.29, 0.717) is 5.75 Å². The second kappa shape index (κ2) is 5.94. The Morgan fingerprint density at radius 1 is 1.00 bits per heavy atom. The summed E-state index contributed by atoms with van der Waals surface area (Å²) in [6.45, 7) is 14.2. The van der Waals surface area contributed by atoms with E-state index in [1.165, 1.54) is 22.4 Å². The van der Waals surface area contributed by atoms with Crippen LogP contribution >= 0.6 is 0 Å². The lowest BCUT2D eigenvalue weighted by Crippen LogP contribution is -2.44. The number of phenolic OH excluding ortho intramolecular Hbond substituents is 1. The van der Waals surface area contributed by atoms with Gasteiger partial charge in [-0.25, -0.2) is 0 Å². The number of hydrogen-bond acceptors (Lipinski definition) is 2. The summed E-state index contributed by atoms with van der Waals surface area (Å²) >= 11 is 0. The molecule has 0 amide bonds. The molecule has 25 heavy (non-hydrogen) atoms. The van der Waals surface area contributed by atoms with Gasteiger partial charge in [-0.15, -0.1) is 0 Å². The summed E-state index contributed by atoms with van der Waals surface area (Å²) in [5, 5.41) is 9.87. The fraction of sp³-hybridized carbons (Fsp3) is 0.391. The van der Waals surface area contributed by atoms with Crippen LogP contribution in [0.2, 0.25) is 0 Å². The molecule has 0 spiro atoms. The Hall–Kier alpha value is -2.22. The summed E-state index contributed by atoms with van der Waals surface area (Å²) in [4.78, 5) is 2.42. The van der Waals surface area contributed by atoms with E-state index in [9.17, 15) is 5.11 Å². The van der Waals surface area contributed by atoms with Crippen LogP contribution in [-0.4, -0.2) is 10.6 Å². The van der Waals surface area contributed by atoms with Crippen molar-refractivity contribution in [3.05, 3.63) is 65.2 Å². The first-order chi connectivity index (χ1) is 11.6. The average molecular weight is 335 g/mol. The number of phenols is 1. The molecule has 0 saturated carbocycles. The largest absolute Gasteiger partial charge is 0.508 e. The third kappa shape index (κ3) is 3.44. The molecule has 1 aliphatic heterocycles. The molecule has 1 aliphatic rings. The first kappa shape index (κ1) is 17.6. The SMILES string of the molecule is CC1=CC(C)(C)N(Cc2ccc(C(C)(C)C)cc2)c2ccc(O)cc21. The van der Waals surface area contributed by atoms with Crippen LogP contribution in [0.4, 0.5) is 5.69 Å². The average Bonchev–Trinajstić information content (AvgIpc) is 2.51. The first-order valence-corrected chi connectivity index (χ1v) is 8.98. The zero-order valence-corrected chi connectivity index (χ0v) is 16.2. The van der Waals surface area contributed by atoms with Gasteiger partial charge in [0.05, 0.1) is 5.54 Å². The van der Waals surface area contributed by atoms with E-state index in [-0.39, 0.29) is 11.0 Å². The number of rotatable bonds is 2. The minimum Gasteiger partial charge on any atom is -0.508 e. The monoisotopic (exact) mass is 335 g/mol. The van der Waals surface area contributed by atoms with E-state index in [4.69, 9.17) is 0 Å². The third-order valence-corrected chi connectivity index (χ3v) is 5.12. The van der Waals surface area contributed by atoms with Crippen LogP contribution < -0.4 is 4.90 Å². The highest BCUT2D eigenvalue weighted by atomic mass is 16.3. The second-order valence-electron chi connectivity index (χ2n) is 8.72. The summed E-state index contributed by atoms with van der Waals surface area (Å²) < 4.78 is 0. The molecular formula is C23H29NO. The smallest absolute Gasteiger partial charge is 0.116 e. The molecule has 2 heteroatoms. The molecule has 1 heterocycles. The van der Waals surface area contributed by atoms with Crippen LogP contribution in [0.5, 0.6) is 5.75 Å². The van der Waals surface area contributed by atoms with Crippen molar-refractivity contribution in [3.8, 4) is 5.75 Å². The zero-order valence-electron chi connectivity index (χ0n) is 16.2. The number of allylic oxidation sites excluding steroid dienone is 1. The molecule has 3 rings (SSSR count). The number of benzene rings is 2. The van der Waals surface area contributed by atoms with Crippen molar-refractivity contribution in [2.75, 3.05) is 4.90 Å². The van der Waals surface area contributed by atoms with Crippen molar-refractivity contribution >= 4 is 11.3 Å². The topological polar surface area (TPSA) is 23.5 Å². The van der Waals surface area contributed by atoms with Crippen molar-refractivity contribution in [1.29, 1.82) is 0 Å². The standard InChI is InChI=1S/C23H29NO/c1-16-14-23(5,6)24(21-12-11-19(25)13-20(16)21)15-17-7-9-18(10-8-17)22(2,3)4/h7-14,25H,15H2,1-6H3. The van der Waals surface area contributed by atoms with E-state index in [1.54, 1.807) is 6.07 Å². The predicted octanol–water partition coefficient (Wildman–Crippen LogP) is 5.89. The number of aromatic hydroxyl groups is 1. The minimum atomic E-state index is -0.0727. The molecule has 0 radical (unpaired) electrons. The van der Waals surface area contributed by atoms with E-state index in [0.717, 1.165) is 12.1 Å². The van der Waals surface area contributed by atoms with Crippen LogP contribution in [-0.2, 0) is 12.0 Å². The molecule has 2 aromatic rings. The Balaban J connectivity index is 1.96. The van der Waals surface area contributed by atoms with E-state index in [1.807, 2.05) is 12.1 Å². The maximum Gasteiger partial charge on any atom is 0.116 e. The molecule has 0 fully saturated rings. The predicted molar refractivity (Wildman–Crippen MR) is 107 cm³/mol. The van der Waals surface area contributed by atoms with Crippen LogP contribution in [0.1, 0.15) is 58.2 Å². The summed E-state index contributed by atoms with van der Waals surface area (Å²) in [7, 11) is 0. The molecular weight excluding hydrogens is 306 g/mol. The van der Waals surface area contributed by atoms with Gasteiger partial charge in [-0.1, -0.05) is 51.1 Å². The first-order valence-electron chi connectivity index (χ1n) is 8.98. The van der Waals surface area contributed by atoms with Crippen molar-refractivity contribution in [2.24, 2.45) is 0 Å². The number of fused-ring (bicyclic) bond motifs is 1. The van der Waals surface area contributed by atoms with Crippen molar-refractivity contribution < 1.29 is 5.11 Å². The second-order valence-corrected chi connectivity index (χ2v) is 8.72. The fourth-order valence-corrected chi connectivity index (χ4v) is 3.65. The highest BCUT2D eigenvalue weighted by Gasteiger charge is 2.31. The molecule has 132 valence electrons. The number of hydrogen-bond donors (Lipinski definition) is 1. The molecule has 1 N–H and O–H groups in total. The van der Waals surface area contributed by atoms with Crippen LogP contribution in [0, 0.1) is 0 Å². The lowest BCUT2D eigenvalue weighted by Gasteiger charge is -2.43. The van der Waals surface area contributed by atoms with Gasteiger partial charge < -0.3 is 10.0 Å². The lowest BCUT2D eigenvalue weighted by molar-refractivity contribution is 0.474. The summed E-state index contributed by atoms with van der Waals surface area (Å²) in [6.07, 6.45) is 2.29. The Bertz CT molecular complexity index is 807. The van der Waals surface area contributed by atoms with Gasteiger partial charge in [0.15, 0.2) is 0 Å². The number of anilines is 1. The molecule has 0 atom stereocenters. The van der Waals surface area contributed by atoms with Gasteiger partial charge in [0.1, 0.15) is 5.75 Å². The van der Waals surface area contributed by atoms with Crippen molar-refractivity contribution in [1.82, 2.24) is 0 Å². The highest BCUT2D eigenvalue weighted by Crippen LogP contribution is 2.41. The van der Waals surface area contributed by atoms with E-state index in [2.05, 4.69) is 76.8 Å². The molecule has 2 nitrogen and oxygen atoms in total. The molecule has 0 aromatic heterocycles. The van der Waals surface area contributed by atoms with Gasteiger partial charge in [0.2, 0.25) is 0 Å². The van der Waals surface area contributed by atoms with Gasteiger partial charge in [-0.3, -0.25) is 0 Å². The summed E-state index contributed by atoms with van der Waals surface area (Å²) in [5.74, 6) is 0.320. The van der Waals surface area contributed by atoms with E-state index >= 15 is 0 Å². The lowest BCUT2D eigenvalue weighted by atomic mass is 9.86. The quantitative estimate of drug-likeness (QED) is 0.739. The molecule has 0 saturated heterocycles. The van der Waals surface area contributed by atoms with Gasteiger partial charge in [0.25, 0.3) is 0 Å². The molecule has 0 bridgehead atoms. The highest BCUT2D eigenvalue weighted by molar-refractivity contribution is 5.82. The van der Waals surface area contributed by atoms with Gasteiger partial charge >= 0.3 is 0 Å². The Morgan fingerprint density at radius 2 is 1.64 bits per heavy atom. The van der Waals surface area contributed by atoms with Crippen LogP contribution in [0.15, 0.2) is 48.5 Å². The van der Waals surface area contributed by atoms with Crippen molar-refractivity contribution in [2.45, 2.75) is 59.0 Å². The molecule has 0 unspecified atom stereocenters. The Kier molecular flexibility index (Phi) is 4.18. The van der Waals surface area contributed by atoms with Crippen LogP contribution in [0.25, 0.3) is 5.57 Å². The Morgan fingerprint density at radius 3 is 2.24 bits per heavy atom. The maximum absolute atomic E-state index is 9.87. The van der Waals surface area contributed by atoms with E-state index < -0.39 is 0 Å². The molecule has 0 aliphatic carbocycles. The fourth-order valence-electron chi connectivity index (χ4n) is 3.65.